The topological polar surface area (TPSA) is 78.4 Å². The first-order valence-electron chi connectivity index (χ1n) is 5.51. The van der Waals surface area contributed by atoms with E-state index >= 15 is 0 Å². The second kappa shape index (κ2) is 6.52. The Bertz CT molecular complexity index is 405. The lowest BCUT2D eigenvalue weighted by molar-refractivity contribution is -0.105. The van der Waals surface area contributed by atoms with E-state index < -0.39 is 0 Å². The van der Waals surface area contributed by atoms with Crippen LogP contribution in [0.15, 0.2) is 18.2 Å². The second-order valence-electron chi connectivity index (χ2n) is 3.57. The highest BCUT2D eigenvalue weighted by Crippen LogP contribution is 2.26. The van der Waals surface area contributed by atoms with Crippen molar-refractivity contribution in [2.24, 2.45) is 0 Å². The first kappa shape index (κ1) is 13.0. The molecule has 0 aliphatic heterocycles. The molecule has 1 aromatic carbocycles. The molecule has 1 rings (SSSR count). The Morgan fingerprint density at radius 2 is 2.24 bits per heavy atom. The lowest BCUT2D eigenvalue weighted by Gasteiger charge is -2.09. The van der Waals surface area contributed by atoms with Gasteiger partial charge in [-0.05, 0) is 18.6 Å². The van der Waals surface area contributed by atoms with Gasteiger partial charge in [-0.25, -0.2) is 0 Å². The maximum atomic E-state index is 11.7. The normalized spacial score (nSPS) is 9.71. The summed E-state index contributed by atoms with van der Waals surface area (Å²) in [6, 6.07) is 4.62. The average Bonchev–Trinajstić information content (AvgIpc) is 2.32. The fourth-order valence-electron chi connectivity index (χ4n) is 1.38. The van der Waals surface area contributed by atoms with Gasteiger partial charge in [-0.2, -0.15) is 0 Å². The van der Waals surface area contributed by atoms with Gasteiger partial charge in [0.2, 0.25) is 6.41 Å². The Kier molecular flexibility index (Phi) is 5.00. The van der Waals surface area contributed by atoms with Crippen molar-refractivity contribution >= 4 is 18.0 Å². The average molecular weight is 236 g/mol. The predicted octanol–water partition coefficient (Wildman–Crippen LogP) is 1.49. The molecule has 0 atom stereocenters. The fourth-order valence-corrected chi connectivity index (χ4v) is 1.38. The van der Waals surface area contributed by atoms with Crippen molar-refractivity contribution in [3.8, 4) is 5.75 Å². The number of rotatable bonds is 6. The van der Waals surface area contributed by atoms with Crippen LogP contribution in [0.4, 0.5) is 5.69 Å². The second-order valence-corrected chi connectivity index (χ2v) is 3.57. The molecular weight excluding hydrogens is 220 g/mol. The molecule has 0 aliphatic carbocycles. The van der Waals surface area contributed by atoms with Gasteiger partial charge in [0.1, 0.15) is 0 Å². The highest BCUT2D eigenvalue weighted by molar-refractivity contribution is 5.99. The number of anilines is 1. The van der Waals surface area contributed by atoms with Gasteiger partial charge in [0, 0.05) is 6.54 Å². The number of para-hydroxylation sites is 1. The molecule has 0 saturated heterocycles. The molecule has 0 spiro atoms. The number of phenols is 1. The minimum atomic E-state index is -0.342. The molecule has 0 bridgehead atoms. The van der Waals surface area contributed by atoms with E-state index in [1.54, 1.807) is 6.07 Å². The Labute approximate surface area is 99.8 Å². The molecule has 3 N–H and O–H groups in total. The SMILES string of the molecule is CCCCNC(=O)c1cccc(NC=O)c1O. The number of phenolic OH excluding ortho intramolecular Hbond substituents is 1. The van der Waals surface area contributed by atoms with Gasteiger partial charge in [0.05, 0.1) is 11.3 Å². The zero-order chi connectivity index (χ0) is 12.7. The molecule has 0 radical (unpaired) electrons. The van der Waals surface area contributed by atoms with E-state index in [1.165, 1.54) is 12.1 Å². The summed E-state index contributed by atoms with van der Waals surface area (Å²) in [7, 11) is 0. The molecule has 17 heavy (non-hydrogen) atoms. The van der Waals surface area contributed by atoms with Crippen LogP contribution >= 0.6 is 0 Å². The summed E-state index contributed by atoms with van der Waals surface area (Å²) >= 11 is 0. The number of hydrogen-bond acceptors (Lipinski definition) is 3. The van der Waals surface area contributed by atoms with Gasteiger partial charge in [0.15, 0.2) is 5.75 Å². The number of benzene rings is 1. The lowest BCUT2D eigenvalue weighted by atomic mass is 10.1. The lowest BCUT2D eigenvalue weighted by Crippen LogP contribution is -2.24. The molecule has 92 valence electrons. The number of nitrogens with one attached hydrogen (secondary N) is 2. The first-order chi connectivity index (χ1) is 8.20. The summed E-state index contributed by atoms with van der Waals surface area (Å²) in [5, 5.41) is 14.8. The van der Waals surface area contributed by atoms with E-state index in [4.69, 9.17) is 0 Å². The largest absolute Gasteiger partial charge is 0.505 e. The Morgan fingerprint density at radius 3 is 2.88 bits per heavy atom. The van der Waals surface area contributed by atoms with Crippen LogP contribution < -0.4 is 10.6 Å². The Morgan fingerprint density at radius 1 is 1.47 bits per heavy atom. The molecule has 0 unspecified atom stereocenters. The minimum Gasteiger partial charge on any atom is -0.505 e. The summed E-state index contributed by atoms with van der Waals surface area (Å²) < 4.78 is 0. The van der Waals surface area contributed by atoms with Crippen LogP contribution in [0.1, 0.15) is 30.1 Å². The van der Waals surface area contributed by atoms with Gasteiger partial charge in [-0.1, -0.05) is 19.4 Å². The van der Waals surface area contributed by atoms with Crippen LogP contribution in [0.2, 0.25) is 0 Å². The van der Waals surface area contributed by atoms with E-state index in [-0.39, 0.29) is 22.9 Å². The van der Waals surface area contributed by atoms with Crippen molar-refractivity contribution in [1.82, 2.24) is 5.32 Å². The van der Waals surface area contributed by atoms with Crippen molar-refractivity contribution in [3.63, 3.8) is 0 Å². The third-order valence-electron chi connectivity index (χ3n) is 2.31. The number of hydrogen-bond donors (Lipinski definition) is 3. The smallest absolute Gasteiger partial charge is 0.255 e. The minimum absolute atomic E-state index is 0.160. The van der Waals surface area contributed by atoms with E-state index in [0.717, 1.165) is 12.8 Å². The number of carbonyl (C=O) groups excluding carboxylic acids is 2. The van der Waals surface area contributed by atoms with E-state index in [2.05, 4.69) is 10.6 Å². The van der Waals surface area contributed by atoms with E-state index in [1.807, 2.05) is 6.92 Å². The maximum Gasteiger partial charge on any atom is 0.255 e. The number of unbranched alkanes of at least 4 members (excludes halogenated alkanes) is 1. The Balaban J connectivity index is 2.79. The zero-order valence-corrected chi connectivity index (χ0v) is 9.69. The van der Waals surface area contributed by atoms with Crippen LogP contribution in [-0.2, 0) is 4.79 Å². The third kappa shape index (κ3) is 3.48. The van der Waals surface area contributed by atoms with Crippen molar-refractivity contribution in [1.29, 1.82) is 0 Å². The Hall–Kier alpha value is -2.04. The van der Waals surface area contributed by atoms with Gasteiger partial charge >= 0.3 is 0 Å². The summed E-state index contributed by atoms with van der Waals surface area (Å²) in [6.07, 6.45) is 2.33. The van der Waals surface area contributed by atoms with Crippen molar-refractivity contribution < 1.29 is 14.7 Å². The highest BCUT2D eigenvalue weighted by Gasteiger charge is 2.13. The zero-order valence-electron chi connectivity index (χ0n) is 9.69. The van der Waals surface area contributed by atoms with Crippen LogP contribution in [0, 0.1) is 0 Å². The summed E-state index contributed by atoms with van der Waals surface area (Å²) in [5.41, 5.74) is 0.385. The van der Waals surface area contributed by atoms with Crippen LogP contribution in [-0.4, -0.2) is 24.0 Å². The number of amides is 2. The number of aromatic hydroxyl groups is 1. The maximum absolute atomic E-state index is 11.7. The molecular formula is C12H16N2O3. The quantitative estimate of drug-likeness (QED) is 0.398. The number of carbonyl (C=O) groups is 2. The molecule has 0 aromatic heterocycles. The van der Waals surface area contributed by atoms with Gasteiger partial charge in [-0.3, -0.25) is 9.59 Å². The molecule has 0 aliphatic rings. The fraction of sp³-hybridized carbons (Fsp3) is 0.333. The monoisotopic (exact) mass is 236 g/mol. The van der Waals surface area contributed by atoms with Gasteiger partial charge in [-0.15, -0.1) is 0 Å². The van der Waals surface area contributed by atoms with Crippen LogP contribution in [0.5, 0.6) is 5.75 Å². The predicted molar refractivity (Wildman–Crippen MR) is 65.0 cm³/mol. The van der Waals surface area contributed by atoms with Crippen molar-refractivity contribution in [2.75, 3.05) is 11.9 Å². The van der Waals surface area contributed by atoms with E-state index in [0.29, 0.717) is 13.0 Å². The molecule has 5 heteroatoms. The van der Waals surface area contributed by atoms with Crippen molar-refractivity contribution in [2.45, 2.75) is 19.8 Å². The third-order valence-corrected chi connectivity index (χ3v) is 2.31. The summed E-state index contributed by atoms with van der Waals surface area (Å²) in [5.74, 6) is -0.556. The highest BCUT2D eigenvalue weighted by atomic mass is 16.3. The molecule has 0 heterocycles. The van der Waals surface area contributed by atoms with E-state index in [9.17, 15) is 14.7 Å². The van der Waals surface area contributed by atoms with Crippen LogP contribution in [0.3, 0.4) is 0 Å². The first-order valence-corrected chi connectivity index (χ1v) is 5.51. The standard InChI is InChI=1S/C12H16N2O3/c1-2-3-7-13-12(17)9-5-4-6-10(11(9)16)14-8-15/h4-6,8,16H,2-3,7H2,1H3,(H,13,17)(H,14,15). The molecule has 0 fully saturated rings. The molecule has 2 amide bonds. The van der Waals surface area contributed by atoms with Gasteiger partial charge < -0.3 is 15.7 Å². The molecule has 1 aromatic rings. The summed E-state index contributed by atoms with van der Waals surface area (Å²) in [6.45, 7) is 2.60. The molecule has 5 nitrogen and oxygen atoms in total. The van der Waals surface area contributed by atoms with Gasteiger partial charge in [0.25, 0.3) is 5.91 Å². The molecule has 0 saturated carbocycles. The summed E-state index contributed by atoms with van der Waals surface area (Å²) in [4.78, 5) is 22.0. The van der Waals surface area contributed by atoms with Crippen LogP contribution in [0.25, 0.3) is 0 Å². The van der Waals surface area contributed by atoms with Crippen molar-refractivity contribution in [3.05, 3.63) is 23.8 Å².